The lowest BCUT2D eigenvalue weighted by molar-refractivity contribution is 0.127. The van der Waals surface area contributed by atoms with Gasteiger partial charge in [0, 0.05) is 46.0 Å². The van der Waals surface area contributed by atoms with E-state index in [9.17, 15) is 0 Å². The summed E-state index contributed by atoms with van der Waals surface area (Å²) in [5, 5.41) is 8.64. The second-order valence-corrected chi connectivity index (χ2v) is 3.22. The van der Waals surface area contributed by atoms with E-state index in [1.165, 1.54) is 0 Å². The number of aliphatic hydroxyl groups excluding tert-OH is 1. The van der Waals surface area contributed by atoms with Crippen LogP contribution >= 0.6 is 0 Å². The zero-order chi connectivity index (χ0) is 8.81. The van der Waals surface area contributed by atoms with Crippen LogP contribution in [0.15, 0.2) is 0 Å². The van der Waals surface area contributed by atoms with E-state index in [1.54, 1.807) is 0 Å². The number of nitrogens with zero attached hydrogens (tertiary/aromatic N) is 2. The fourth-order valence-corrected chi connectivity index (χ4v) is 1.49. The molecular weight excluding hydrogens is 154 g/mol. The van der Waals surface area contributed by atoms with Crippen molar-refractivity contribution in [2.45, 2.75) is 6.42 Å². The van der Waals surface area contributed by atoms with Gasteiger partial charge in [-0.25, -0.2) is 0 Å². The van der Waals surface area contributed by atoms with Crippen LogP contribution in [0.1, 0.15) is 6.42 Å². The molecule has 12 heavy (non-hydrogen) atoms. The van der Waals surface area contributed by atoms with Crippen LogP contribution in [-0.2, 0) is 0 Å². The van der Waals surface area contributed by atoms with Crippen molar-refractivity contribution >= 4 is 0 Å². The van der Waals surface area contributed by atoms with Crippen molar-refractivity contribution in [2.24, 2.45) is 5.73 Å². The number of hydrogen-bond donors (Lipinski definition) is 2. The Morgan fingerprint density at radius 3 is 2.17 bits per heavy atom. The average molecular weight is 173 g/mol. The summed E-state index contributed by atoms with van der Waals surface area (Å²) in [6.45, 7) is 6.33. The van der Waals surface area contributed by atoms with Crippen molar-refractivity contribution in [2.75, 3.05) is 46.0 Å². The second kappa shape index (κ2) is 5.48. The molecule has 0 radical (unpaired) electrons. The normalized spacial score (nSPS) is 21.5. The molecule has 0 spiro atoms. The lowest BCUT2D eigenvalue weighted by Crippen LogP contribution is -2.48. The molecule has 0 amide bonds. The molecule has 1 fully saturated rings. The molecule has 0 aromatic carbocycles. The van der Waals surface area contributed by atoms with Gasteiger partial charge in [-0.2, -0.15) is 0 Å². The van der Waals surface area contributed by atoms with Crippen molar-refractivity contribution in [3.63, 3.8) is 0 Å². The van der Waals surface area contributed by atoms with Gasteiger partial charge in [0.25, 0.3) is 0 Å². The minimum atomic E-state index is 0.303. The van der Waals surface area contributed by atoms with E-state index in [4.69, 9.17) is 10.8 Å². The maximum absolute atomic E-state index is 8.64. The Bertz CT molecular complexity index is 113. The van der Waals surface area contributed by atoms with Gasteiger partial charge in [0.2, 0.25) is 0 Å². The highest BCUT2D eigenvalue weighted by atomic mass is 16.3. The highest BCUT2D eigenvalue weighted by Gasteiger charge is 2.14. The molecule has 1 saturated heterocycles. The Morgan fingerprint density at radius 2 is 1.67 bits per heavy atom. The smallest absolute Gasteiger partial charge is 0.0456 e. The van der Waals surface area contributed by atoms with Gasteiger partial charge in [-0.1, -0.05) is 0 Å². The summed E-state index contributed by atoms with van der Waals surface area (Å²) < 4.78 is 0. The number of piperazine rings is 1. The van der Waals surface area contributed by atoms with Gasteiger partial charge < -0.3 is 15.7 Å². The molecule has 1 aliphatic rings. The lowest BCUT2D eigenvalue weighted by Gasteiger charge is -2.33. The Hall–Kier alpha value is -0.160. The number of aliphatic hydroxyl groups is 1. The minimum absolute atomic E-state index is 0.303. The maximum atomic E-state index is 8.64. The molecule has 0 unspecified atom stereocenters. The molecule has 72 valence electrons. The van der Waals surface area contributed by atoms with Gasteiger partial charge in [0.05, 0.1) is 0 Å². The Kier molecular flexibility index (Phi) is 4.53. The summed E-state index contributed by atoms with van der Waals surface area (Å²) >= 11 is 0. The quantitative estimate of drug-likeness (QED) is 0.567. The van der Waals surface area contributed by atoms with E-state index in [2.05, 4.69) is 9.80 Å². The molecule has 1 rings (SSSR count). The predicted octanol–water partition coefficient (Wildman–Crippen LogP) is -1.10. The monoisotopic (exact) mass is 173 g/mol. The molecule has 0 bridgehead atoms. The molecule has 4 heteroatoms. The summed E-state index contributed by atoms with van der Waals surface area (Å²) in [7, 11) is 0. The van der Waals surface area contributed by atoms with Crippen LogP contribution in [0.25, 0.3) is 0 Å². The zero-order valence-corrected chi connectivity index (χ0v) is 7.58. The third-order valence-electron chi connectivity index (χ3n) is 2.36. The van der Waals surface area contributed by atoms with E-state index >= 15 is 0 Å². The second-order valence-electron chi connectivity index (χ2n) is 3.22. The molecular formula is C8H19N3O. The van der Waals surface area contributed by atoms with E-state index in [0.717, 1.165) is 39.1 Å². The Balaban J connectivity index is 2.09. The van der Waals surface area contributed by atoms with Crippen LogP contribution in [0.5, 0.6) is 0 Å². The third-order valence-corrected chi connectivity index (χ3v) is 2.36. The first-order valence-electron chi connectivity index (χ1n) is 4.62. The SMILES string of the molecule is NCN1CCN(CCCO)CC1. The average Bonchev–Trinajstić information content (AvgIpc) is 2.15. The first-order chi connectivity index (χ1) is 5.86. The minimum Gasteiger partial charge on any atom is -0.396 e. The molecule has 0 aromatic rings. The third kappa shape index (κ3) is 3.06. The van der Waals surface area contributed by atoms with Crippen LogP contribution in [0.2, 0.25) is 0 Å². The summed E-state index contributed by atoms with van der Waals surface area (Å²) in [6, 6.07) is 0. The Morgan fingerprint density at radius 1 is 1.08 bits per heavy atom. The van der Waals surface area contributed by atoms with E-state index < -0.39 is 0 Å². The van der Waals surface area contributed by atoms with Gasteiger partial charge >= 0.3 is 0 Å². The van der Waals surface area contributed by atoms with Crippen molar-refractivity contribution < 1.29 is 5.11 Å². The van der Waals surface area contributed by atoms with Gasteiger partial charge in [-0.05, 0) is 6.42 Å². The van der Waals surface area contributed by atoms with Crippen LogP contribution in [-0.4, -0.2) is 60.9 Å². The van der Waals surface area contributed by atoms with Gasteiger partial charge in [0.1, 0.15) is 0 Å². The lowest BCUT2D eigenvalue weighted by atomic mass is 10.3. The predicted molar refractivity (Wildman–Crippen MR) is 48.8 cm³/mol. The summed E-state index contributed by atoms with van der Waals surface area (Å²) in [5.41, 5.74) is 5.52. The van der Waals surface area contributed by atoms with Crippen molar-refractivity contribution in [1.29, 1.82) is 0 Å². The van der Waals surface area contributed by atoms with E-state index in [1.807, 2.05) is 0 Å². The maximum Gasteiger partial charge on any atom is 0.0456 e. The van der Waals surface area contributed by atoms with Crippen LogP contribution in [0.4, 0.5) is 0 Å². The van der Waals surface area contributed by atoms with Crippen molar-refractivity contribution in [1.82, 2.24) is 9.80 Å². The molecule has 1 aliphatic heterocycles. The molecule has 0 atom stereocenters. The first-order valence-corrected chi connectivity index (χ1v) is 4.62. The van der Waals surface area contributed by atoms with Crippen molar-refractivity contribution in [3.8, 4) is 0 Å². The van der Waals surface area contributed by atoms with Crippen LogP contribution in [0, 0.1) is 0 Å². The van der Waals surface area contributed by atoms with Crippen LogP contribution in [0.3, 0.4) is 0 Å². The summed E-state index contributed by atoms with van der Waals surface area (Å²) in [4.78, 5) is 4.62. The Labute approximate surface area is 73.9 Å². The highest BCUT2D eigenvalue weighted by Crippen LogP contribution is 2.00. The molecule has 0 aliphatic carbocycles. The van der Waals surface area contributed by atoms with Crippen LogP contribution < -0.4 is 5.73 Å². The van der Waals surface area contributed by atoms with E-state index in [-0.39, 0.29) is 0 Å². The molecule has 1 heterocycles. The first kappa shape index (κ1) is 9.92. The number of rotatable bonds is 4. The summed E-state index contributed by atoms with van der Waals surface area (Å²) in [5.74, 6) is 0. The largest absolute Gasteiger partial charge is 0.396 e. The molecule has 4 nitrogen and oxygen atoms in total. The molecule has 0 aromatic heterocycles. The number of nitrogens with two attached hydrogens (primary N) is 1. The number of hydrogen-bond acceptors (Lipinski definition) is 4. The fourth-order valence-electron chi connectivity index (χ4n) is 1.49. The molecule has 3 N–H and O–H groups in total. The standard InChI is InChI=1S/C8H19N3O/c9-8-11-5-3-10(4-6-11)2-1-7-12/h12H,1-9H2. The highest BCUT2D eigenvalue weighted by molar-refractivity contribution is 4.70. The van der Waals surface area contributed by atoms with Gasteiger partial charge in [-0.3, -0.25) is 4.90 Å². The summed E-state index contributed by atoms with van der Waals surface area (Å²) in [6.07, 6.45) is 0.891. The van der Waals surface area contributed by atoms with Crippen molar-refractivity contribution in [3.05, 3.63) is 0 Å². The zero-order valence-electron chi connectivity index (χ0n) is 7.58. The van der Waals surface area contributed by atoms with E-state index in [0.29, 0.717) is 13.3 Å². The van der Waals surface area contributed by atoms with Gasteiger partial charge in [0.15, 0.2) is 0 Å². The topological polar surface area (TPSA) is 52.7 Å². The fraction of sp³-hybridized carbons (Fsp3) is 1.00. The molecule has 0 saturated carbocycles. The van der Waals surface area contributed by atoms with Gasteiger partial charge in [-0.15, -0.1) is 0 Å².